The summed E-state index contributed by atoms with van der Waals surface area (Å²) in [5.74, 6) is -0.318. The van der Waals surface area contributed by atoms with Gasteiger partial charge >= 0.3 is 19.5 Å². The zero-order valence-electron chi connectivity index (χ0n) is 27.4. The minimum atomic E-state index is -5.00. The van der Waals surface area contributed by atoms with Gasteiger partial charge in [0.05, 0.1) is 25.3 Å². The van der Waals surface area contributed by atoms with Gasteiger partial charge in [0.25, 0.3) is 11.1 Å². The average Bonchev–Trinajstić information content (AvgIpc) is 3.85. The van der Waals surface area contributed by atoms with Gasteiger partial charge in [-0.25, -0.2) is 19.3 Å². The quantitative estimate of drug-likeness (QED) is 0.0287. The molecule has 0 spiro atoms. The van der Waals surface area contributed by atoms with Crippen LogP contribution in [0.25, 0.3) is 21.6 Å². The number of aliphatic hydroxyl groups excluding tert-OH is 2. The highest BCUT2D eigenvalue weighted by Crippen LogP contribution is 2.54. The molecule has 0 amide bonds. The van der Waals surface area contributed by atoms with Gasteiger partial charge in [-0.3, -0.25) is 42.1 Å². The highest BCUT2D eigenvalue weighted by Gasteiger charge is 2.46. The molecule has 3 aromatic heterocycles. The van der Waals surface area contributed by atoms with Crippen molar-refractivity contribution in [2.24, 2.45) is 5.11 Å². The molecule has 0 radical (unpaired) electrons. The lowest BCUT2D eigenvalue weighted by Crippen LogP contribution is -2.37. The monoisotopic (exact) mass is 745 g/mol. The van der Waals surface area contributed by atoms with Crippen LogP contribution in [0.15, 0.2) is 62.6 Å². The van der Waals surface area contributed by atoms with E-state index in [0.29, 0.717) is 12.0 Å². The lowest BCUT2D eigenvalue weighted by atomic mass is 10.1. The lowest BCUT2D eigenvalue weighted by molar-refractivity contribution is -0.175. The van der Waals surface area contributed by atoms with Crippen molar-refractivity contribution in [2.45, 2.75) is 83.0 Å². The third-order valence-electron chi connectivity index (χ3n) is 8.15. The van der Waals surface area contributed by atoms with E-state index in [4.69, 9.17) is 27.8 Å². The molecular formula is C29H32N9O13P. The molecule has 2 saturated heterocycles. The predicted molar refractivity (Wildman–Crippen MR) is 173 cm³/mol. The van der Waals surface area contributed by atoms with Crippen LogP contribution in [-0.4, -0.2) is 76.1 Å². The number of rotatable bonds is 13. The van der Waals surface area contributed by atoms with Crippen molar-refractivity contribution < 1.29 is 47.4 Å². The number of aromatic nitrogens is 6. The minimum Gasteiger partial charge on any atom is -0.427 e. The standard InChI is InChI=1S/C29H32N9O13P/c1-14-10-37(29(44)34-25(14)40)21-9-18(35-36-30)23(49-21)28(43)51-52(45,46-11-16-3-5-17(6-4-16)47-15(2)39)50-27(42)19-7-8-20(48-19)38-13-33-22-24(38)31-12-32-26(22)41/h3-6,10,12-13,18-21,23,27-28,42-43H,7-9,11H2,1-2H3,(H,31,32,41)(H,34,40,44)/t18?,19-,20+,21+,23-,27?,28?,52?/m0/s1. The Kier molecular flexibility index (Phi) is 10.8. The van der Waals surface area contributed by atoms with Crippen LogP contribution in [0, 0.1) is 6.92 Å². The predicted octanol–water partition coefficient (Wildman–Crippen LogP) is 1.54. The third-order valence-corrected chi connectivity index (χ3v) is 9.54. The van der Waals surface area contributed by atoms with Crippen LogP contribution >= 0.6 is 7.82 Å². The Morgan fingerprint density at radius 1 is 1.10 bits per heavy atom. The van der Waals surface area contributed by atoms with Crippen LogP contribution in [0.1, 0.15) is 49.8 Å². The molecule has 22 nitrogen and oxygen atoms in total. The molecule has 4 unspecified atom stereocenters. The van der Waals surface area contributed by atoms with Crippen molar-refractivity contribution in [2.75, 3.05) is 0 Å². The number of ether oxygens (including phenoxy) is 3. The number of H-pyrrole nitrogens is 2. The Morgan fingerprint density at radius 2 is 1.85 bits per heavy atom. The number of esters is 1. The van der Waals surface area contributed by atoms with Gasteiger partial charge in [-0.05, 0) is 43.0 Å². The first-order valence-corrected chi connectivity index (χ1v) is 17.1. The van der Waals surface area contributed by atoms with E-state index < -0.39 is 80.5 Å². The second-order valence-corrected chi connectivity index (χ2v) is 13.3. The molecule has 276 valence electrons. The number of imidazole rings is 1. The van der Waals surface area contributed by atoms with E-state index in [-0.39, 0.29) is 35.3 Å². The number of azide groups is 1. The molecule has 4 N–H and O–H groups in total. The first-order chi connectivity index (χ1) is 24.8. The number of benzene rings is 1. The SMILES string of the molecule is CC(=O)Oc1ccc(COP(=O)(OC(O)[C@H]2O[C@@H](n3cc(C)c(=O)[nH]c3=O)CC2N=[N+]=[N-])OC(O)[C@@H]2CC[C@H](n3cnc4c(=O)[nH]cnc43)O2)cc1. The van der Waals surface area contributed by atoms with Gasteiger partial charge in [-0.2, -0.15) is 0 Å². The molecule has 2 aliphatic rings. The first-order valence-electron chi connectivity index (χ1n) is 15.7. The number of nitrogens with zero attached hydrogens (tertiary/aromatic N) is 7. The van der Waals surface area contributed by atoms with E-state index in [2.05, 4.69) is 30.0 Å². The number of hydrogen-bond donors (Lipinski definition) is 4. The van der Waals surface area contributed by atoms with Crippen molar-refractivity contribution in [3.63, 3.8) is 0 Å². The minimum absolute atomic E-state index is 0.0727. The molecule has 23 heteroatoms. The van der Waals surface area contributed by atoms with Gasteiger partial charge < -0.3 is 29.4 Å². The summed E-state index contributed by atoms with van der Waals surface area (Å²) in [7, 11) is -5.00. The number of nitrogens with one attached hydrogen (secondary N) is 2. The molecule has 5 heterocycles. The van der Waals surface area contributed by atoms with E-state index in [9.17, 15) is 39.5 Å². The highest BCUT2D eigenvalue weighted by molar-refractivity contribution is 7.48. The van der Waals surface area contributed by atoms with Crippen LogP contribution in [0.3, 0.4) is 0 Å². The van der Waals surface area contributed by atoms with Gasteiger partial charge in [-0.1, -0.05) is 17.2 Å². The number of aromatic amines is 2. The Hall–Kier alpha value is -5.02. The van der Waals surface area contributed by atoms with Crippen LogP contribution in [0.5, 0.6) is 5.75 Å². The molecule has 4 aromatic rings. The molecular weight excluding hydrogens is 713 g/mol. The van der Waals surface area contributed by atoms with E-state index in [1.807, 2.05) is 0 Å². The number of phosphoric acid groups is 1. The molecule has 8 atom stereocenters. The summed E-state index contributed by atoms with van der Waals surface area (Å²) in [5, 5.41) is 25.9. The summed E-state index contributed by atoms with van der Waals surface area (Å²) in [6.45, 7) is 2.22. The topological polar surface area (TPSA) is 297 Å². The zero-order chi connectivity index (χ0) is 37.2. The number of aliphatic hydroxyl groups is 2. The Bertz CT molecular complexity index is 2210. The smallest absolute Gasteiger partial charge is 0.427 e. The fourth-order valence-corrected chi connectivity index (χ4v) is 6.93. The highest BCUT2D eigenvalue weighted by atomic mass is 31.2. The van der Waals surface area contributed by atoms with Crippen molar-refractivity contribution in [1.29, 1.82) is 0 Å². The molecule has 52 heavy (non-hydrogen) atoms. The number of carbonyl (C=O) groups excluding carboxylic acids is 1. The van der Waals surface area contributed by atoms with Gasteiger partial charge in [-0.15, -0.1) is 0 Å². The fraction of sp³-hybridized carbons (Fsp3) is 0.448. The van der Waals surface area contributed by atoms with E-state index in [1.165, 1.54) is 61.5 Å². The fourth-order valence-electron chi connectivity index (χ4n) is 5.67. The maximum absolute atomic E-state index is 14.2. The summed E-state index contributed by atoms with van der Waals surface area (Å²) in [6, 6.07) is 4.69. The Labute approximate surface area is 291 Å². The zero-order valence-corrected chi connectivity index (χ0v) is 28.3. The third kappa shape index (κ3) is 8.05. The van der Waals surface area contributed by atoms with E-state index in [1.54, 1.807) is 0 Å². The average molecular weight is 746 g/mol. The number of carbonyl (C=O) groups is 1. The number of fused-ring (bicyclic) bond motifs is 1. The number of phosphoric ester groups is 1. The molecule has 1 aromatic carbocycles. The summed E-state index contributed by atoms with van der Waals surface area (Å²) >= 11 is 0. The molecule has 2 aliphatic heterocycles. The van der Waals surface area contributed by atoms with Crippen molar-refractivity contribution in [3.8, 4) is 5.75 Å². The summed E-state index contributed by atoms with van der Waals surface area (Å²) in [5.41, 5.74) is 8.13. The molecule has 0 saturated carbocycles. The van der Waals surface area contributed by atoms with Crippen LogP contribution in [-0.2, 0) is 39.0 Å². The number of aryl methyl sites for hydroxylation is 1. The molecule has 0 bridgehead atoms. The van der Waals surface area contributed by atoms with Gasteiger partial charge in [0.2, 0.25) is 0 Å². The summed E-state index contributed by atoms with van der Waals surface area (Å²) in [6.07, 6.45) is -4.65. The normalized spacial score (nSPS) is 23.9. The second kappa shape index (κ2) is 15.3. The van der Waals surface area contributed by atoms with Crippen LogP contribution in [0.2, 0.25) is 0 Å². The summed E-state index contributed by atoms with van der Waals surface area (Å²) in [4.78, 5) is 63.3. The Morgan fingerprint density at radius 3 is 2.58 bits per heavy atom. The molecule has 6 rings (SSSR count). The maximum atomic E-state index is 14.2. The summed E-state index contributed by atoms with van der Waals surface area (Å²) < 4.78 is 49.8. The van der Waals surface area contributed by atoms with Gasteiger partial charge in [0, 0.05) is 30.0 Å². The van der Waals surface area contributed by atoms with Gasteiger partial charge in [0.1, 0.15) is 30.4 Å². The largest absolute Gasteiger partial charge is 0.479 e. The van der Waals surface area contributed by atoms with Crippen LogP contribution < -0.4 is 21.5 Å². The van der Waals surface area contributed by atoms with E-state index in [0.717, 1.165) is 4.57 Å². The molecule has 2 fully saturated rings. The molecule has 0 aliphatic carbocycles. The Balaban J connectivity index is 1.21. The second-order valence-electron chi connectivity index (χ2n) is 11.8. The van der Waals surface area contributed by atoms with Crippen molar-refractivity contribution in [1.82, 2.24) is 29.1 Å². The van der Waals surface area contributed by atoms with E-state index >= 15 is 0 Å². The maximum Gasteiger partial charge on any atom is 0.479 e. The van der Waals surface area contributed by atoms with Crippen molar-refractivity contribution >= 4 is 25.0 Å². The van der Waals surface area contributed by atoms with Crippen molar-refractivity contribution in [3.05, 3.63) is 95.9 Å². The van der Waals surface area contributed by atoms with Gasteiger partial charge in [0.15, 0.2) is 23.7 Å². The van der Waals surface area contributed by atoms with Crippen LogP contribution in [0.4, 0.5) is 0 Å². The number of hydrogen-bond acceptors (Lipinski definition) is 16. The first kappa shape index (κ1) is 36.8. The lowest BCUT2D eigenvalue weighted by Gasteiger charge is -2.28.